The highest BCUT2D eigenvalue weighted by Crippen LogP contribution is 2.23. The lowest BCUT2D eigenvalue weighted by atomic mass is 10.0. The van der Waals surface area contributed by atoms with Gasteiger partial charge in [-0.05, 0) is 13.0 Å². The summed E-state index contributed by atoms with van der Waals surface area (Å²) in [5, 5.41) is 9.47. The second-order valence-electron chi connectivity index (χ2n) is 3.26. The van der Waals surface area contributed by atoms with Crippen molar-refractivity contribution in [2.75, 3.05) is 13.9 Å². The Kier molecular flexibility index (Phi) is 4.68. The van der Waals surface area contributed by atoms with E-state index >= 15 is 0 Å². The van der Waals surface area contributed by atoms with Crippen LogP contribution in [0.15, 0.2) is 24.3 Å². The Hall–Kier alpha value is -0.970. The highest BCUT2D eigenvalue weighted by molar-refractivity contribution is 5.20. The first-order chi connectivity index (χ1) is 7.16. The Labute approximate surface area is 88.4 Å². The van der Waals surface area contributed by atoms with Crippen LogP contribution in [0.3, 0.4) is 0 Å². The Morgan fingerprint density at radius 2 is 2.07 bits per heavy atom. The van der Waals surface area contributed by atoms with Gasteiger partial charge >= 0.3 is 0 Å². The van der Waals surface area contributed by atoms with Crippen LogP contribution in [-0.4, -0.2) is 25.1 Å². The van der Waals surface area contributed by atoms with Crippen molar-refractivity contribution in [2.24, 2.45) is 0 Å². The first kappa shape index (κ1) is 12.1. The highest BCUT2D eigenvalue weighted by Gasteiger charge is 2.20. The van der Waals surface area contributed by atoms with E-state index in [2.05, 4.69) is 0 Å². The average molecular weight is 214 g/mol. The number of hydrogen-bond acceptors (Lipinski definition) is 3. The van der Waals surface area contributed by atoms with Crippen LogP contribution in [0.4, 0.5) is 4.39 Å². The Balaban J connectivity index is 2.84. The topological polar surface area (TPSA) is 38.7 Å². The van der Waals surface area contributed by atoms with Gasteiger partial charge in [-0.25, -0.2) is 4.39 Å². The number of ether oxygens (including phenoxy) is 2. The predicted octanol–water partition coefficient (Wildman–Crippen LogP) is 1.87. The molecule has 0 spiro atoms. The second-order valence-corrected chi connectivity index (χ2v) is 3.26. The van der Waals surface area contributed by atoms with Crippen molar-refractivity contribution in [3.8, 4) is 0 Å². The van der Waals surface area contributed by atoms with Crippen LogP contribution in [0, 0.1) is 5.82 Å². The molecule has 0 saturated heterocycles. The third-order valence-electron chi connectivity index (χ3n) is 2.02. The van der Waals surface area contributed by atoms with Crippen molar-refractivity contribution in [3.05, 3.63) is 35.6 Å². The van der Waals surface area contributed by atoms with Crippen molar-refractivity contribution in [2.45, 2.75) is 19.1 Å². The van der Waals surface area contributed by atoms with Gasteiger partial charge in [0.1, 0.15) is 18.7 Å². The normalized spacial score (nSPS) is 14.9. The summed E-state index contributed by atoms with van der Waals surface area (Å²) >= 11 is 0. The van der Waals surface area contributed by atoms with Gasteiger partial charge < -0.3 is 14.6 Å². The standard InChI is InChI=1S/C11H15FO3/c1-8(13)11(15-7-14-2)9-5-3-4-6-10(9)12/h3-6,8,11,13H,7H2,1-2H3/t8-,11+/m1/s1. The first-order valence-electron chi connectivity index (χ1n) is 4.70. The molecule has 15 heavy (non-hydrogen) atoms. The van der Waals surface area contributed by atoms with E-state index in [1.807, 2.05) is 0 Å². The molecule has 1 N–H and O–H groups in total. The van der Waals surface area contributed by atoms with Crippen LogP contribution in [0.5, 0.6) is 0 Å². The maximum atomic E-state index is 13.4. The van der Waals surface area contributed by atoms with E-state index in [0.29, 0.717) is 5.56 Å². The molecule has 0 heterocycles. The summed E-state index contributed by atoms with van der Waals surface area (Å²) in [5.41, 5.74) is 0.338. The molecule has 3 nitrogen and oxygen atoms in total. The molecule has 1 aromatic carbocycles. The van der Waals surface area contributed by atoms with E-state index < -0.39 is 12.2 Å². The van der Waals surface area contributed by atoms with E-state index in [9.17, 15) is 9.50 Å². The summed E-state index contributed by atoms with van der Waals surface area (Å²) in [6.07, 6.45) is -1.50. The molecule has 1 rings (SSSR count). The monoisotopic (exact) mass is 214 g/mol. The summed E-state index contributed by atoms with van der Waals surface area (Å²) in [6.45, 7) is 1.57. The summed E-state index contributed by atoms with van der Waals surface area (Å²) < 4.78 is 23.3. The number of methoxy groups -OCH3 is 1. The average Bonchev–Trinajstić information content (AvgIpc) is 2.20. The number of hydrogen-bond donors (Lipinski definition) is 1. The van der Waals surface area contributed by atoms with E-state index in [1.54, 1.807) is 25.1 Å². The molecule has 0 unspecified atom stereocenters. The van der Waals surface area contributed by atoms with Gasteiger partial charge in [0.05, 0.1) is 6.10 Å². The molecule has 2 atom stereocenters. The molecule has 0 aliphatic rings. The lowest BCUT2D eigenvalue weighted by molar-refractivity contribution is -0.111. The van der Waals surface area contributed by atoms with E-state index in [0.717, 1.165) is 0 Å². The zero-order valence-electron chi connectivity index (χ0n) is 8.81. The number of benzene rings is 1. The van der Waals surface area contributed by atoms with Crippen molar-refractivity contribution in [1.82, 2.24) is 0 Å². The maximum Gasteiger partial charge on any atom is 0.147 e. The minimum Gasteiger partial charge on any atom is -0.390 e. The highest BCUT2D eigenvalue weighted by atomic mass is 19.1. The van der Waals surface area contributed by atoms with Crippen LogP contribution < -0.4 is 0 Å². The molecule has 84 valence electrons. The molecule has 0 saturated carbocycles. The van der Waals surface area contributed by atoms with E-state index in [-0.39, 0.29) is 12.6 Å². The fourth-order valence-electron chi connectivity index (χ4n) is 1.34. The molecule has 0 radical (unpaired) electrons. The van der Waals surface area contributed by atoms with Gasteiger partial charge in [-0.2, -0.15) is 0 Å². The Bertz CT molecular complexity index is 302. The van der Waals surface area contributed by atoms with Gasteiger partial charge in [-0.3, -0.25) is 0 Å². The molecule has 0 amide bonds. The zero-order chi connectivity index (χ0) is 11.3. The Morgan fingerprint density at radius 3 is 2.60 bits per heavy atom. The molecular weight excluding hydrogens is 199 g/mol. The van der Waals surface area contributed by atoms with Crippen molar-refractivity contribution >= 4 is 0 Å². The van der Waals surface area contributed by atoms with Gasteiger partial charge in [-0.1, -0.05) is 18.2 Å². The van der Waals surface area contributed by atoms with Crippen LogP contribution in [0.2, 0.25) is 0 Å². The lowest BCUT2D eigenvalue weighted by Gasteiger charge is -2.20. The number of aliphatic hydroxyl groups is 1. The third-order valence-corrected chi connectivity index (χ3v) is 2.02. The fraction of sp³-hybridized carbons (Fsp3) is 0.455. The summed E-state index contributed by atoms with van der Waals surface area (Å²) in [5.74, 6) is -0.389. The van der Waals surface area contributed by atoms with E-state index in [1.165, 1.54) is 13.2 Å². The molecule has 0 aliphatic heterocycles. The zero-order valence-corrected chi connectivity index (χ0v) is 8.81. The summed E-state index contributed by atoms with van der Waals surface area (Å²) in [7, 11) is 1.47. The van der Waals surface area contributed by atoms with Crippen molar-refractivity contribution < 1.29 is 19.0 Å². The van der Waals surface area contributed by atoms with Crippen LogP contribution >= 0.6 is 0 Å². The van der Waals surface area contributed by atoms with Gasteiger partial charge in [0.15, 0.2) is 0 Å². The maximum absolute atomic E-state index is 13.4. The quantitative estimate of drug-likeness (QED) is 0.760. The van der Waals surface area contributed by atoms with Crippen LogP contribution in [-0.2, 0) is 9.47 Å². The van der Waals surface area contributed by atoms with Gasteiger partial charge in [-0.15, -0.1) is 0 Å². The molecule has 0 aliphatic carbocycles. The lowest BCUT2D eigenvalue weighted by Crippen LogP contribution is -2.20. The van der Waals surface area contributed by atoms with Crippen LogP contribution in [0.25, 0.3) is 0 Å². The second kappa shape index (κ2) is 5.80. The molecular formula is C11H15FO3. The number of rotatable bonds is 5. The van der Waals surface area contributed by atoms with Crippen LogP contribution in [0.1, 0.15) is 18.6 Å². The Morgan fingerprint density at radius 1 is 1.40 bits per heavy atom. The molecule has 0 fully saturated rings. The molecule has 1 aromatic rings. The smallest absolute Gasteiger partial charge is 0.147 e. The molecule has 0 bridgehead atoms. The predicted molar refractivity (Wildman–Crippen MR) is 53.8 cm³/mol. The fourth-order valence-corrected chi connectivity index (χ4v) is 1.34. The summed E-state index contributed by atoms with van der Waals surface area (Å²) in [4.78, 5) is 0. The minimum absolute atomic E-state index is 0.0178. The van der Waals surface area contributed by atoms with Gasteiger partial charge in [0.25, 0.3) is 0 Å². The van der Waals surface area contributed by atoms with Crippen molar-refractivity contribution in [3.63, 3.8) is 0 Å². The first-order valence-corrected chi connectivity index (χ1v) is 4.70. The third kappa shape index (κ3) is 3.27. The minimum atomic E-state index is -0.794. The summed E-state index contributed by atoms with van der Waals surface area (Å²) in [6, 6.07) is 6.21. The largest absolute Gasteiger partial charge is 0.390 e. The SMILES string of the molecule is COCO[C@H](c1ccccc1F)[C@@H](C)O. The van der Waals surface area contributed by atoms with Crippen molar-refractivity contribution in [1.29, 1.82) is 0 Å². The molecule has 0 aromatic heterocycles. The number of aliphatic hydroxyl groups excluding tert-OH is 1. The van der Waals surface area contributed by atoms with E-state index in [4.69, 9.17) is 9.47 Å². The van der Waals surface area contributed by atoms with Gasteiger partial charge in [0, 0.05) is 12.7 Å². The number of halogens is 1. The van der Waals surface area contributed by atoms with Gasteiger partial charge in [0.2, 0.25) is 0 Å². The molecule has 4 heteroatoms.